The number of nitrogens with zero attached hydrogens (tertiary/aromatic N) is 2. The van der Waals surface area contributed by atoms with Crippen LogP contribution in [0.2, 0.25) is 0 Å². The van der Waals surface area contributed by atoms with Gasteiger partial charge in [0.1, 0.15) is 0 Å². The molecule has 0 aliphatic carbocycles. The third-order valence-corrected chi connectivity index (χ3v) is 3.23. The highest BCUT2D eigenvalue weighted by atomic mass is 32.1. The molecule has 0 aliphatic heterocycles. The van der Waals surface area contributed by atoms with Crippen LogP contribution in [0.25, 0.3) is 0 Å². The molecule has 16 heavy (non-hydrogen) atoms. The van der Waals surface area contributed by atoms with Gasteiger partial charge in [-0.3, -0.25) is 4.79 Å². The molecular formula is C11H18N2O2S. The van der Waals surface area contributed by atoms with E-state index >= 15 is 0 Å². The highest BCUT2D eigenvalue weighted by Gasteiger charge is 2.28. The maximum atomic E-state index is 11.0. The van der Waals surface area contributed by atoms with Crippen LogP contribution in [-0.4, -0.2) is 35.1 Å². The van der Waals surface area contributed by atoms with E-state index in [2.05, 4.69) is 9.88 Å². The van der Waals surface area contributed by atoms with Crippen molar-refractivity contribution in [2.75, 3.05) is 14.1 Å². The lowest BCUT2D eigenvalue weighted by molar-refractivity contribution is -0.146. The van der Waals surface area contributed by atoms with Gasteiger partial charge in [0.15, 0.2) is 0 Å². The van der Waals surface area contributed by atoms with Crippen LogP contribution in [0.15, 0.2) is 6.20 Å². The number of carboxylic acid groups (broad SMARTS) is 1. The van der Waals surface area contributed by atoms with E-state index < -0.39 is 11.4 Å². The Hall–Kier alpha value is -0.940. The average molecular weight is 242 g/mol. The van der Waals surface area contributed by atoms with E-state index in [1.807, 2.05) is 20.3 Å². The third kappa shape index (κ3) is 3.57. The van der Waals surface area contributed by atoms with Crippen molar-refractivity contribution in [1.82, 2.24) is 9.88 Å². The second-order valence-corrected chi connectivity index (χ2v) is 6.02. The Kier molecular flexibility index (Phi) is 4.04. The summed E-state index contributed by atoms with van der Waals surface area (Å²) in [5.74, 6) is -0.781. The average Bonchev–Trinajstić information content (AvgIpc) is 2.50. The lowest BCUT2D eigenvalue weighted by Gasteiger charge is -2.16. The number of carboxylic acids is 1. The minimum absolute atomic E-state index is 0.487. The minimum atomic E-state index is -0.781. The summed E-state index contributed by atoms with van der Waals surface area (Å²) in [6.45, 7) is 4.30. The highest BCUT2D eigenvalue weighted by Crippen LogP contribution is 2.25. The van der Waals surface area contributed by atoms with Crippen molar-refractivity contribution >= 4 is 17.3 Å². The van der Waals surface area contributed by atoms with Gasteiger partial charge < -0.3 is 10.0 Å². The van der Waals surface area contributed by atoms with Crippen molar-refractivity contribution in [3.05, 3.63) is 16.1 Å². The van der Waals surface area contributed by atoms with Gasteiger partial charge >= 0.3 is 5.97 Å². The van der Waals surface area contributed by atoms with Gasteiger partial charge in [-0.25, -0.2) is 4.98 Å². The van der Waals surface area contributed by atoms with Crippen LogP contribution in [0.4, 0.5) is 0 Å². The van der Waals surface area contributed by atoms with E-state index in [0.717, 1.165) is 11.6 Å². The van der Waals surface area contributed by atoms with Gasteiger partial charge in [-0.2, -0.15) is 0 Å². The lowest BCUT2D eigenvalue weighted by atomic mass is 9.90. The Morgan fingerprint density at radius 2 is 2.19 bits per heavy atom. The highest BCUT2D eigenvalue weighted by molar-refractivity contribution is 7.11. The summed E-state index contributed by atoms with van der Waals surface area (Å²) in [7, 11) is 4.00. The number of carbonyl (C=O) groups is 1. The van der Waals surface area contributed by atoms with E-state index in [1.165, 1.54) is 4.88 Å². The van der Waals surface area contributed by atoms with Crippen LogP contribution in [0.5, 0.6) is 0 Å². The van der Waals surface area contributed by atoms with E-state index in [-0.39, 0.29) is 0 Å². The Balaban J connectivity index is 2.69. The molecule has 0 radical (unpaired) electrons. The van der Waals surface area contributed by atoms with Crippen LogP contribution in [0, 0.1) is 5.41 Å². The predicted octanol–water partition coefficient (Wildman–Crippen LogP) is 1.86. The SMILES string of the molecule is CN(C)Cc1cnc(CC(C)(C)C(=O)O)s1. The molecule has 0 fully saturated rings. The zero-order valence-corrected chi connectivity index (χ0v) is 11.0. The van der Waals surface area contributed by atoms with Crippen LogP contribution in [0.3, 0.4) is 0 Å². The van der Waals surface area contributed by atoms with Gasteiger partial charge in [0.05, 0.1) is 10.4 Å². The first-order valence-electron chi connectivity index (χ1n) is 5.13. The molecule has 1 rings (SSSR count). The molecule has 0 aliphatic rings. The molecule has 90 valence electrons. The van der Waals surface area contributed by atoms with Crippen molar-refractivity contribution in [3.63, 3.8) is 0 Å². The summed E-state index contributed by atoms with van der Waals surface area (Å²) in [6.07, 6.45) is 2.32. The summed E-state index contributed by atoms with van der Waals surface area (Å²) in [4.78, 5) is 18.5. The summed E-state index contributed by atoms with van der Waals surface area (Å²) in [5, 5.41) is 9.92. The molecule has 0 atom stereocenters. The fourth-order valence-corrected chi connectivity index (χ4v) is 2.54. The van der Waals surface area contributed by atoms with E-state index in [4.69, 9.17) is 5.11 Å². The molecule has 0 aromatic carbocycles. The van der Waals surface area contributed by atoms with Crippen LogP contribution < -0.4 is 0 Å². The number of aliphatic carboxylic acids is 1. The second kappa shape index (κ2) is 4.93. The van der Waals surface area contributed by atoms with Gasteiger partial charge in [-0.1, -0.05) is 0 Å². The van der Waals surface area contributed by atoms with Crippen molar-refractivity contribution in [2.45, 2.75) is 26.8 Å². The van der Waals surface area contributed by atoms with Gasteiger partial charge in [-0.05, 0) is 27.9 Å². The van der Waals surface area contributed by atoms with Gasteiger partial charge in [-0.15, -0.1) is 11.3 Å². The molecule has 1 aromatic rings. The van der Waals surface area contributed by atoms with Crippen molar-refractivity contribution in [3.8, 4) is 0 Å². The van der Waals surface area contributed by atoms with Gasteiger partial charge in [0.2, 0.25) is 0 Å². The molecule has 0 amide bonds. The van der Waals surface area contributed by atoms with Crippen LogP contribution in [0.1, 0.15) is 23.7 Å². The van der Waals surface area contributed by atoms with E-state index in [9.17, 15) is 4.79 Å². The molecule has 0 spiro atoms. The molecule has 0 unspecified atom stereocenters. The van der Waals surface area contributed by atoms with E-state index in [1.54, 1.807) is 25.2 Å². The summed E-state index contributed by atoms with van der Waals surface area (Å²) >= 11 is 1.59. The number of hydrogen-bond acceptors (Lipinski definition) is 4. The molecule has 5 heteroatoms. The van der Waals surface area contributed by atoms with E-state index in [0.29, 0.717) is 6.42 Å². The molecule has 1 aromatic heterocycles. The Bertz CT molecular complexity index is 372. The van der Waals surface area contributed by atoms with Gasteiger partial charge in [0.25, 0.3) is 0 Å². The first kappa shape index (κ1) is 13.1. The molecule has 0 saturated carbocycles. The topological polar surface area (TPSA) is 53.4 Å². The fourth-order valence-electron chi connectivity index (χ4n) is 1.27. The normalized spacial score (nSPS) is 12.1. The monoisotopic (exact) mass is 242 g/mol. The zero-order valence-electron chi connectivity index (χ0n) is 10.1. The zero-order chi connectivity index (χ0) is 12.3. The number of rotatable bonds is 5. The number of aromatic nitrogens is 1. The van der Waals surface area contributed by atoms with Crippen molar-refractivity contribution in [1.29, 1.82) is 0 Å². The summed E-state index contributed by atoms with van der Waals surface area (Å²) in [6, 6.07) is 0. The van der Waals surface area contributed by atoms with Crippen LogP contribution >= 0.6 is 11.3 Å². The third-order valence-electron chi connectivity index (χ3n) is 2.25. The van der Waals surface area contributed by atoms with Crippen molar-refractivity contribution in [2.24, 2.45) is 5.41 Å². The molecule has 4 nitrogen and oxygen atoms in total. The summed E-state index contributed by atoms with van der Waals surface area (Å²) < 4.78 is 0. The molecule has 1 heterocycles. The standard InChI is InChI=1S/C11H18N2O2S/c1-11(2,10(14)15)5-9-12-6-8(16-9)7-13(3)4/h6H,5,7H2,1-4H3,(H,14,15). The predicted molar refractivity (Wildman–Crippen MR) is 64.6 cm³/mol. The molecular weight excluding hydrogens is 224 g/mol. The quantitative estimate of drug-likeness (QED) is 0.856. The maximum Gasteiger partial charge on any atom is 0.309 e. The first-order chi connectivity index (χ1) is 7.31. The summed E-state index contributed by atoms with van der Waals surface area (Å²) in [5.41, 5.74) is -0.743. The number of thiazole rings is 1. The first-order valence-corrected chi connectivity index (χ1v) is 5.94. The second-order valence-electron chi connectivity index (χ2n) is 4.82. The molecule has 0 bridgehead atoms. The number of hydrogen-bond donors (Lipinski definition) is 1. The van der Waals surface area contributed by atoms with Crippen LogP contribution in [-0.2, 0) is 17.8 Å². The van der Waals surface area contributed by atoms with Crippen molar-refractivity contribution < 1.29 is 9.90 Å². The largest absolute Gasteiger partial charge is 0.481 e. The minimum Gasteiger partial charge on any atom is -0.481 e. The molecule has 0 saturated heterocycles. The fraction of sp³-hybridized carbons (Fsp3) is 0.636. The lowest BCUT2D eigenvalue weighted by Crippen LogP contribution is -2.26. The smallest absolute Gasteiger partial charge is 0.309 e. The Morgan fingerprint density at radius 1 is 1.56 bits per heavy atom. The Morgan fingerprint density at radius 3 is 2.69 bits per heavy atom. The van der Waals surface area contributed by atoms with Gasteiger partial charge in [0, 0.05) is 24.0 Å². The Labute approximate surface area is 99.9 Å². The molecule has 1 N–H and O–H groups in total. The maximum absolute atomic E-state index is 11.0.